The zero-order valence-electron chi connectivity index (χ0n) is 11.2. The number of nitrogens with zero attached hydrogens (tertiary/aromatic N) is 2. The van der Waals surface area contributed by atoms with Crippen LogP contribution in [0.4, 0.5) is 0 Å². The minimum absolute atomic E-state index is 0.645. The first-order valence-electron chi connectivity index (χ1n) is 7.08. The zero-order valence-corrected chi connectivity index (χ0v) is 11.2. The van der Waals surface area contributed by atoms with E-state index in [1.807, 2.05) is 6.33 Å². The van der Waals surface area contributed by atoms with E-state index < -0.39 is 0 Å². The Morgan fingerprint density at radius 2 is 2.24 bits per heavy atom. The normalized spacial score (nSPS) is 21.0. The third kappa shape index (κ3) is 3.09. The van der Waals surface area contributed by atoms with Crippen LogP contribution in [-0.2, 0) is 6.54 Å². The molecule has 2 rings (SSSR count). The van der Waals surface area contributed by atoms with E-state index in [1.165, 1.54) is 44.3 Å². The Labute approximate surface area is 105 Å². The number of aromatic nitrogens is 2. The third-order valence-electron chi connectivity index (χ3n) is 3.98. The number of rotatable bonds is 5. The van der Waals surface area contributed by atoms with Gasteiger partial charge in [0.2, 0.25) is 0 Å². The number of piperidine rings is 1. The standard InChI is InChI=1S/C14H25N3/c1-3-12(4-2)14-9-15-11-17(14)10-13-7-5-6-8-16-13/h9,11-13,16H,3-8,10H2,1-2H3. The molecular formula is C14H25N3. The van der Waals surface area contributed by atoms with Gasteiger partial charge in [0.1, 0.15) is 0 Å². The van der Waals surface area contributed by atoms with Crippen LogP contribution in [0.5, 0.6) is 0 Å². The molecule has 1 saturated heterocycles. The van der Waals surface area contributed by atoms with Crippen molar-refractivity contribution >= 4 is 0 Å². The molecule has 17 heavy (non-hydrogen) atoms. The molecular weight excluding hydrogens is 210 g/mol. The lowest BCUT2D eigenvalue weighted by Crippen LogP contribution is -2.37. The SMILES string of the molecule is CCC(CC)c1cncn1CC1CCCCN1. The summed E-state index contributed by atoms with van der Waals surface area (Å²) in [6.07, 6.45) is 10.5. The van der Waals surface area contributed by atoms with Gasteiger partial charge in [-0.15, -0.1) is 0 Å². The lowest BCUT2D eigenvalue weighted by molar-refractivity contribution is 0.356. The maximum Gasteiger partial charge on any atom is 0.0948 e. The summed E-state index contributed by atoms with van der Waals surface area (Å²) in [5, 5.41) is 3.61. The molecule has 1 aliphatic heterocycles. The Balaban J connectivity index is 2.02. The van der Waals surface area contributed by atoms with Crippen LogP contribution < -0.4 is 5.32 Å². The van der Waals surface area contributed by atoms with Gasteiger partial charge in [-0.3, -0.25) is 0 Å². The largest absolute Gasteiger partial charge is 0.333 e. The van der Waals surface area contributed by atoms with Gasteiger partial charge in [0.05, 0.1) is 6.33 Å². The van der Waals surface area contributed by atoms with Gasteiger partial charge in [0.25, 0.3) is 0 Å². The van der Waals surface area contributed by atoms with Crippen molar-refractivity contribution in [2.75, 3.05) is 6.54 Å². The smallest absolute Gasteiger partial charge is 0.0948 e. The predicted molar refractivity (Wildman–Crippen MR) is 71.2 cm³/mol. The molecule has 1 unspecified atom stereocenters. The first kappa shape index (κ1) is 12.6. The van der Waals surface area contributed by atoms with E-state index in [-0.39, 0.29) is 0 Å². The zero-order chi connectivity index (χ0) is 12.1. The monoisotopic (exact) mass is 235 g/mol. The summed E-state index contributed by atoms with van der Waals surface area (Å²) in [5.74, 6) is 0.668. The quantitative estimate of drug-likeness (QED) is 0.850. The highest BCUT2D eigenvalue weighted by molar-refractivity contribution is 5.06. The van der Waals surface area contributed by atoms with E-state index in [9.17, 15) is 0 Å². The van der Waals surface area contributed by atoms with Gasteiger partial charge in [-0.05, 0) is 32.2 Å². The number of hydrogen-bond donors (Lipinski definition) is 1. The molecule has 0 radical (unpaired) electrons. The molecule has 1 aromatic rings. The molecule has 0 spiro atoms. The fourth-order valence-electron chi connectivity index (χ4n) is 2.85. The summed E-state index contributed by atoms with van der Waals surface area (Å²) < 4.78 is 2.36. The highest BCUT2D eigenvalue weighted by Gasteiger charge is 2.17. The van der Waals surface area contributed by atoms with E-state index >= 15 is 0 Å². The van der Waals surface area contributed by atoms with E-state index in [0.29, 0.717) is 12.0 Å². The second-order valence-corrected chi connectivity index (χ2v) is 5.13. The van der Waals surface area contributed by atoms with E-state index in [4.69, 9.17) is 0 Å². The molecule has 0 aliphatic carbocycles. The molecule has 0 saturated carbocycles. The first-order valence-corrected chi connectivity index (χ1v) is 7.08. The average molecular weight is 235 g/mol. The molecule has 1 N–H and O–H groups in total. The molecule has 1 aliphatic rings. The van der Waals surface area contributed by atoms with Gasteiger partial charge < -0.3 is 9.88 Å². The van der Waals surface area contributed by atoms with Crippen molar-refractivity contribution < 1.29 is 0 Å². The van der Waals surface area contributed by atoms with Crippen LogP contribution in [0, 0.1) is 0 Å². The van der Waals surface area contributed by atoms with Crippen molar-refractivity contribution in [1.82, 2.24) is 14.9 Å². The molecule has 1 atom stereocenters. The minimum atomic E-state index is 0.645. The van der Waals surface area contributed by atoms with Crippen molar-refractivity contribution in [3.8, 4) is 0 Å². The van der Waals surface area contributed by atoms with Crippen LogP contribution in [0.15, 0.2) is 12.5 Å². The maximum absolute atomic E-state index is 4.34. The fraction of sp³-hybridized carbons (Fsp3) is 0.786. The van der Waals surface area contributed by atoms with Crippen LogP contribution >= 0.6 is 0 Å². The summed E-state index contributed by atoms with van der Waals surface area (Å²) >= 11 is 0. The van der Waals surface area contributed by atoms with Crippen molar-refractivity contribution in [1.29, 1.82) is 0 Å². The van der Waals surface area contributed by atoms with Crippen molar-refractivity contribution in [2.24, 2.45) is 0 Å². The van der Waals surface area contributed by atoms with Crippen LogP contribution in [-0.4, -0.2) is 22.1 Å². The average Bonchev–Trinajstić information content (AvgIpc) is 2.81. The number of nitrogens with one attached hydrogen (secondary N) is 1. The third-order valence-corrected chi connectivity index (χ3v) is 3.98. The summed E-state index contributed by atoms with van der Waals surface area (Å²) in [6, 6.07) is 0.645. The molecule has 3 nitrogen and oxygen atoms in total. The molecule has 0 aromatic carbocycles. The lowest BCUT2D eigenvalue weighted by Gasteiger charge is -2.25. The molecule has 1 aromatic heterocycles. The van der Waals surface area contributed by atoms with Crippen LogP contribution in [0.3, 0.4) is 0 Å². The molecule has 0 amide bonds. The van der Waals surface area contributed by atoms with Gasteiger partial charge in [-0.2, -0.15) is 0 Å². The van der Waals surface area contributed by atoms with E-state index in [0.717, 1.165) is 6.54 Å². The van der Waals surface area contributed by atoms with Crippen LogP contribution in [0.25, 0.3) is 0 Å². The van der Waals surface area contributed by atoms with E-state index in [1.54, 1.807) is 0 Å². The van der Waals surface area contributed by atoms with Crippen molar-refractivity contribution in [3.05, 3.63) is 18.2 Å². The summed E-state index contributed by atoms with van der Waals surface area (Å²) in [6.45, 7) is 6.81. The van der Waals surface area contributed by atoms with Gasteiger partial charge in [0, 0.05) is 30.4 Å². The molecule has 0 bridgehead atoms. The number of hydrogen-bond acceptors (Lipinski definition) is 2. The minimum Gasteiger partial charge on any atom is -0.333 e. The molecule has 1 fully saturated rings. The first-order chi connectivity index (χ1) is 8.35. The lowest BCUT2D eigenvalue weighted by atomic mass is 9.99. The second kappa shape index (κ2) is 6.20. The van der Waals surface area contributed by atoms with Gasteiger partial charge in [-0.1, -0.05) is 20.3 Å². The summed E-state index contributed by atoms with van der Waals surface area (Å²) in [4.78, 5) is 4.34. The Morgan fingerprint density at radius 1 is 1.41 bits per heavy atom. The van der Waals surface area contributed by atoms with Gasteiger partial charge in [0.15, 0.2) is 0 Å². The highest BCUT2D eigenvalue weighted by Crippen LogP contribution is 2.23. The van der Waals surface area contributed by atoms with Crippen molar-refractivity contribution in [3.63, 3.8) is 0 Å². The van der Waals surface area contributed by atoms with Crippen molar-refractivity contribution in [2.45, 2.75) is 64.5 Å². The Morgan fingerprint density at radius 3 is 2.88 bits per heavy atom. The number of imidazole rings is 1. The Kier molecular flexibility index (Phi) is 4.60. The summed E-state index contributed by atoms with van der Waals surface area (Å²) in [5.41, 5.74) is 1.42. The van der Waals surface area contributed by atoms with E-state index in [2.05, 4.69) is 34.9 Å². The molecule has 3 heteroatoms. The molecule has 2 heterocycles. The second-order valence-electron chi connectivity index (χ2n) is 5.13. The van der Waals surface area contributed by atoms with Crippen LogP contribution in [0.1, 0.15) is 57.6 Å². The van der Waals surface area contributed by atoms with Crippen LogP contribution in [0.2, 0.25) is 0 Å². The van der Waals surface area contributed by atoms with Gasteiger partial charge in [-0.25, -0.2) is 4.98 Å². The Bertz CT molecular complexity index is 322. The predicted octanol–water partition coefficient (Wildman–Crippen LogP) is 2.93. The highest BCUT2D eigenvalue weighted by atomic mass is 15.1. The fourth-order valence-corrected chi connectivity index (χ4v) is 2.85. The Hall–Kier alpha value is -0.830. The summed E-state index contributed by atoms with van der Waals surface area (Å²) in [7, 11) is 0. The molecule has 96 valence electrons. The maximum atomic E-state index is 4.34. The van der Waals surface area contributed by atoms with Gasteiger partial charge >= 0.3 is 0 Å². The topological polar surface area (TPSA) is 29.9 Å².